The van der Waals surface area contributed by atoms with E-state index in [4.69, 9.17) is 9.47 Å². The van der Waals surface area contributed by atoms with Gasteiger partial charge in [0.2, 0.25) is 11.8 Å². The Kier molecular flexibility index (Phi) is 9.56. The molecule has 33 heavy (non-hydrogen) atoms. The topological polar surface area (TPSA) is 97.0 Å². The SMILES string of the molecule is COc1ccc(CNC(=O)C2CCN(C(=O)[C@H](CC(C)C)NC(=O)OC(C)(C)C)CC2)cc1. The Morgan fingerprint density at radius 2 is 1.70 bits per heavy atom. The lowest BCUT2D eigenvalue weighted by Gasteiger charge is -2.34. The van der Waals surface area contributed by atoms with Crippen LogP contribution >= 0.6 is 0 Å². The number of carbonyl (C=O) groups is 3. The highest BCUT2D eigenvalue weighted by molar-refractivity contribution is 5.86. The fourth-order valence-corrected chi connectivity index (χ4v) is 3.80. The lowest BCUT2D eigenvalue weighted by molar-refractivity contribution is -0.137. The Morgan fingerprint density at radius 3 is 2.21 bits per heavy atom. The smallest absolute Gasteiger partial charge is 0.408 e. The number of alkyl carbamates (subject to hydrolysis) is 1. The molecule has 1 atom stereocenters. The van der Waals surface area contributed by atoms with Crippen LogP contribution in [0.1, 0.15) is 59.4 Å². The van der Waals surface area contributed by atoms with Gasteiger partial charge in [0.25, 0.3) is 0 Å². The summed E-state index contributed by atoms with van der Waals surface area (Å²) in [6.07, 6.45) is 1.14. The molecule has 0 radical (unpaired) electrons. The number of carbonyl (C=O) groups excluding carboxylic acids is 3. The van der Waals surface area contributed by atoms with Crippen LogP contribution in [0.3, 0.4) is 0 Å². The van der Waals surface area contributed by atoms with Gasteiger partial charge in [-0.25, -0.2) is 4.79 Å². The van der Waals surface area contributed by atoms with Crippen LogP contribution in [-0.4, -0.2) is 54.6 Å². The van der Waals surface area contributed by atoms with E-state index in [0.29, 0.717) is 38.9 Å². The monoisotopic (exact) mass is 461 g/mol. The van der Waals surface area contributed by atoms with Crippen molar-refractivity contribution >= 4 is 17.9 Å². The van der Waals surface area contributed by atoms with Crippen LogP contribution in [-0.2, 0) is 20.9 Å². The van der Waals surface area contributed by atoms with Crippen LogP contribution < -0.4 is 15.4 Å². The molecule has 0 spiro atoms. The highest BCUT2D eigenvalue weighted by Crippen LogP contribution is 2.20. The summed E-state index contributed by atoms with van der Waals surface area (Å²) in [5.74, 6) is 0.763. The normalized spacial score (nSPS) is 15.7. The average molecular weight is 462 g/mol. The highest BCUT2D eigenvalue weighted by Gasteiger charge is 2.32. The van der Waals surface area contributed by atoms with Crippen molar-refractivity contribution in [2.24, 2.45) is 11.8 Å². The second-order valence-corrected chi connectivity index (χ2v) is 9.99. The van der Waals surface area contributed by atoms with Crippen molar-refractivity contribution in [3.05, 3.63) is 29.8 Å². The van der Waals surface area contributed by atoms with Crippen LogP contribution in [0.5, 0.6) is 5.75 Å². The van der Waals surface area contributed by atoms with Crippen LogP contribution in [0.25, 0.3) is 0 Å². The molecule has 0 unspecified atom stereocenters. The van der Waals surface area contributed by atoms with E-state index in [9.17, 15) is 14.4 Å². The van der Waals surface area contributed by atoms with Gasteiger partial charge in [0.1, 0.15) is 17.4 Å². The maximum Gasteiger partial charge on any atom is 0.408 e. The molecule has 1 heterocycles. The van der Waals surface area contributed by atoms with E-state index in [1.54, 1.807) is 32.8 Å². The van der Waals surface area contributed by atoms with E-state index in [2.05, 4.69) is 10.6 Å². The third kappa shape index (κ3) is 8.94. The number of rotatable bonds is 8. The number of hydrogen-bond acceptors (Lipinski definition) is 5. The van der Waals surface area contributed by atoms with Crippen molar-refractivity contribution in [3.8, 4) is 5.75 Å². The summed E-state index contributed by atoms with van der Waals surface area (Å²) in [7, 11) is 1.62. The summed E-state index contributed by atoms with van der Waals surface area (Å²) in [5.41, 5.74) is 0.369. The Morgan fingerprint density at radius 1 is 1.09 bits per heavy atom. The van der Waals surface area contributed by atoms with E-state index in [0.717, 1.165) is 11.3 Å². The second kappa shape index (κ2) is 11.9. The third-order valence-electron chi connectivity index (χ3n) is 5.50. The van der Waals surface area contributed by atoms with Crippen molar-refractivity contribution in [1.82, 2.24) is 15.5 Å². The average Bonchev–Trinajstić information content (AvgIpc) is 2.75. The van der Waals surface area contributed by atoms with E-state index in [1.165, 1.54) is 0 Å². The molecule has 1 aromatic rings. The molecular formula is C25H39N3O5. The molecule has 8 heteroatoms. The Balaban J connectivity index is 1.86. The molecular weight excluding hydrogens is 422 g/mol. The van der Waals surface area contributed by atoms with Gasteiger partial charge in [0.15, 0.2) is 0 Å². The van der Waals surface area contributed by atoms with Crippen LogP contribution in [0.4, 0.5) is 4.79 Å². The zero-order valence-corrected chi connectivity index (χ0v) is 20.8. The largest absolute Gasteiger partial charge is 0.497 e. The molecule has 1 aliphatic rings. The van der Waals surface area contributed by atoms with E-state index in [1.807, 2.05) is 38.1 Å². The van der Waals surface area contributed by atoms with Crippen LogP contribution in [0.2, 0.25) is 0 Å². The summed E-state index contributed by atoms with van der Waals surface area (Å²) in [6, 6.07) is 6.94. The number of methoxy groups -OCH3 is 1. The second-order valence-electron chi connectivity index (χ2n) is 9.99. The summed E-state index contributed by atoms with van der Waals surface area (Å²) in [6.45, 7) is 10.8. The van der Waals surface area contributed by atoms with Crippen molar-refractivity contribution in [3.63, 3.8) is 0 Å². The molecule has 1 fully saturated rings. The molecule has 184 valence electrons. The minimum atomic E-state index is -0.639. The Hall–Kier alpha value is -2.77. The van der Waals surface area contributed by atoms with Gasteiger partial charge in [0.05, 0.1) is 7.11 Å². The molecule has 1 saturated heterocycles. The first-order chi connectivity index (χ1) is 15.5. The fraction of sp³-hybridized carbons (Fsp3) is 0.640. The molecule has 8 nitrogen and oxygen atoms in total. The van der Waals surface area contributed by atoms with Crippen molar-refractivity contribution in [2.75, 3.05) is 20.2 Å². The molecule has 0 aliphatic carbocycles. The predicted octanol–water partition coefficient (Wildman–Crippen LogP) is 3.49. The first kappa shape index (κ1) is 26.5. The first-order valence-electron chi connectivity index (χ1n) is 11.7. The van der Waals surface area contributed by atoms with Gasteiger partial charge in [-0.3, -0.25) is 9.59 Å². The lowest BCUT2D eigenvalue weighted by Crippen LogP contribution is -2.52. The molecule has 0 saturated carbocycles. The molecule has 0 bridgehead atoms. The quantitative estimate of drug-likeness (QED) is 0.618. The van der Waals surface area contributed by atoms with Crippen molar-refractivity contribution in [1.29, 1.82) is 0 Å². The van der Waals surface area contributed by atoms with E-state index in [-0.39, 0.29) is 23.7 Å². The van der Waals surface area contributed by atoms with Crippen LogP contribution in [0.15, 0.2) is 24.3 Å². The molecule has 1 aliphatic heterocycles. The van der Waals surface area contributed by atoms with Gasteiger partial charge < -0.3 is 25.0 Å². The Bertz CT molecular complexity index is 793. The maximum absolute atomic E-state index is 13.1. The predicted molar refractivity (Wildman–Crippen MR) is 127 cm³/mol. The van der Waals surface area contributed by atoms with Gasteiger partial charge >= 0.3 is 6.09 Å². The minimum Gasteiger partial charge on any atom is -0.497 e. The van der Waals surface area contributed by atoms with Crippen molar-refractivity contribution in [2.45, 2.75) is 72.1 Å². The van der Waals surface area contributed by atoms with Crippen LogP contribution in [0, 0.1) is 11.8 Å². The number of likely N-dealkylation sites (tertiary alicyclic amines) is 1. The van der Waals surface area contributed by atoms with Gasteiger partial charge in [-0.2, -0.15) is 0 Å². The zero-order valence-electron chi connectivity index (χ0n) is 20.8. The van der Waals surface area contributed by atoms with Gasteiger partial charge in [-0.15, -0.1) is 0 Å². The zero-order chi connectivity index (χ0) is 24.6. The molecule has 3 amide bonds. The van der Waals surface area contributed by atoms with Gasteiger partial charge in [-0.1, -0.05) is 26.0 Å². The number of nitrogens with one attached hydrogen (secondary N) is 2. The minimum absolute atomic E-state index is 0.00327. The fourth-order valence-electron chi connectivity index (χ4n) is 3.80. The number of hydrogen-bond donors (Lipinski definition) is 2. The standard InChI is InChI=1S/C25H39N3O5/c1-17(2)15-21(27-24(31)33-25(3,4)5)23(30)28-13-11-19(12-14-28)22(29)26-16-18-7-9-20(32-6)10-8-18/h7-10,17,19,21H,11-16H2,1-6H3,(H,26,29)(H,27,31)/t21-/m0/s1. The van der Waals surface area contributed by atoms with E-state index < -0.39 is 17.7 Å². The number of benzene rings is 1. The Labute approximate surface area is 197 Å². The third-order valence-corrected chi connectivity index (χ3v) is 5.50. The number of ether oxygens (including phenoxy) is 2. The molecule has 0 aromatic heterocycles. The molecule has 2 rings (SSSR count). The molecule has 2 N–H and O–H groups in total. The maximum atomic E-state index is 13.1. The number of nitrogens with zero attached hydrogens (tertiary/aromatic N) is 1. The van der Waals surface area contributed by atoms with Gasteiger partial charge in [0, 0.05) is 25.6 Å². The first-order valence-corrected chi connectivity index (χ1v) is 11.7. The number of piperidine rings is 1. The van der Waals surface area contributed by atoms with E-state index >= 15 is 0 Å². The summed E-state index contributed by atoms with van der Waals surface area (Å²) in [5, 5.41) is 5.73. The summed E-state index contributed by atoms with van der Waals surface area (Å²) in [4.78, 5) is 39.7. The van der Waals surface area contributed by atoms with Crippen molar-refractivity contribution < 1.29 is 23.9 Å². The lowest BCUT2D eigenvalue weighted by atomic mass is 9.94. The summed E-state index contributed by atoms with van der Waals surface area (Å²) >= 11 is 0. The number of amides is 3. The highest BCUT2D eigenvalue weighted by atomic mass is 16.6. The van der Waals surface area contributed by atoms with Gasteiger partial charge in [-0.05, 0) is 63.6 Å². The summed E-state index contributed by atoms with van der Waals surface area (Å²) < 4.78 is 10.5. The molecule has 1 aromatic carbocycles.